The summed E-state index contributed by atoms with van der Waals surface area (Å²) in [5.74, 6) is -0.337. The highest BCUT2D eigenvalue weighted by Gasteiger charge is 2.51. The normalized spacial score (nSPS) is 31.4. The van der Waals surface area contributed by atoms with Gasteiger partial charge in [0.05, 0.1) is 0 Å². The second kappa shape index (κ2) is 7.61. The Hall–Kier alpha value is -1.90. The van der Waals surface area contributed by atoms with Crippen molar-refractivity contribution in [2.75, 3.05) is 13.2 Å². The first-order chi connectivity index (χ1) is 12.4. The highest BCUT2D eigenvalue weighted by Crippen LogP contribution is 2.60. The third-order valence-electron chi connectivity index (χ3n) is 6.29. The standard InChI is InChI=1S/C18H31N3O6/c1-13(15(27-21(24)25)10-26-20(22)23)17(4)8-14-7-16(2,3)11-18(9-14,12-17)5-6-19/h8,13,15H,5-7,9-12,19H2,1-4H3. The van der Waals surface area contributed by atoms with Crippen LogP contribution in [0.1, 0.15) is 59.8 Å². The Kier molecular flexibility index (Phi) is 6.03. The van der Waals surface area contributed by atoms with E-state index in [0.29, 0.717) is 6.54 Å². The Balaban J connectivity index is 2.33. The summed E-state index contributed by atoms with van der Waals surface area (Å²) in [6.07, 6.45) is 5.94. The molecule has 9 nitrogen and oxygen atoms in total. The number of hydrogen-bond donors (Lipinski definition) is 1. The molecule has 27 heavy (non-hydrogen) atoms. The molecule has 1 saturated carbocycles. The van der Waals surface area contributed by atoms with Crippen molar-refractivity contribution in [2.24, 2.45) is 27.9 Å². The van der Waals surface area contributed by atoms with E-state index in [1.165, 1.54) is 5.57 Å². The van der Waals surface area contributed by atoms with Gasteiger partial charge in [0.15, 0.2) is 0 Å². The Morgan fingerprint density at radius 1 is 1.19 bits per heavy atom. The van der Waals surface area contributed by atoms with Crippen LogP contribution in [0.15, 0.2) is 11.6 Å². The monoisotopic (exact) mass is 385 g/mol. The average molecular weight is 385 g/mol. The van der Waals surface area contributed by atoms with Crippen LogP contribution in [0.5, 0.6) is 0 Å². The van der Waals surface area contributed by atoms with Crippen LogP contribution in [0.3, 0.4) is 0 Å². The molecule has 2 N–H and O–H groups in total. The molecule has 2 rings (SSSR count). The van der Waals surface area contributed by atoms with Crippen LogP contribution in [0, 0.1) is 42.4 Å². The van der Waals surface area contributed by atoms with Crippen molar-refractivity contribution in [3.63, 3.8) is 0 Å². The molecule has 4 unspecified atom stereocenters. The highest BCUT2D eigenvalue weighted by atomic mass is 17.0. The summed E-state index contributed by atoms with van der Waals surface area (Å²) in [7, 11) is 0. The lowest BCUT2D eigenvalue weighted by Gasteiger charge is -2.55. The molecule has 0 spiro atoms. The van der Waals surface area contributed by atoms with Gasteiger partial charge in [-0.25, -0.2) is 0 Å². The van der Waals surface area contributed by atoms with Gasteiger partial charge in [0.25, 0.3) is 10.2 Å². The van der Waals surface area contributed by atoms with Gasteiger partial charge in [-0.2, -0.15) is 0 Å². The van der Waals surface area contributed by atoms with Crippen molar-refractivity contribution in [1.82, 2.24) is 0 Å². The predicted octanol–water partition coefficient (Wildman–Crippen LogP) is 3.29. The second-order valence-electron chi connectivity index (χ2n) is 9.39. The third-order valence-corrected chi connectivity index (χ3v) is 6.29. The minimum atomic E-state index is -1.02. The molecule has 4 atom stereocenters. The third kappa shape index (κ3) is 5.09. The van der Waals surface area contributed by atoms with Crippen molar-refractivity contribution in [3.05, 3.63) is 31.9 Å². The van der Waals surface area contributed by atoms with Gasteiger partial charge in [-0.1, -0.05) is 39.3 Å². The van der Waals surface area contributed by atoms with E-state index in [2.05, 4.69) is 31.7 Å². The predicted molar refractivity (Wildman–Crippen MR) is 98.5 cm³/mol. The summed E-state index contributed by atoms with van der Waals surface area (Å²) in [5, 5.41) is 19.6. The fourth-order valence-corrected chi connectivity index (χ4v) is 5.65. The number of fused-ring (bicyclic) bond motifs is 2. The molecular weight excluding hydrogens is 354 g/mol. The molecule has 0 heterocycles. The van der Waals surface area contributed by atoms with E-state index >= 15 is 0 Å². The van der Waals surface area contributed by atoms with E-state index < -0.39 is 22.9 Å². The smallest absolute Gasteiger partial charge is 0.294 e. The lowest BCUT2D eigenvalue weighted by Crippen LogP contribution is -2.48. The molecule has 154 valence electrons. The topological polar surface area (TPSA) is 131 Å². The summed E-state index contributed by atoms with van der Waals surface area (Å²) in [5.41, 5.74) is 7.11. The zero-order valence-corrected chi connectivity index (χ0v) is 16.6. The van der Waals surface area contributed by atoms with Crippen LogP contribution in [-0.2, 0) is 9.68 Å². The Morgan fingerprint density at radius 2 is 1.85 bits per heavy atom. The molecule has 1 fully saturated rings. The Labute approximate surface area is 159 Å². The van der Waals surface area contributed by atoms with Gasteiger partial charge in [0, 0.05) is 0 Å². The summed E-state index contributed by atoms with van der Waals surface area (Å²) < 4.78 is 0. The quantitative estimate of drug-likeness (QED) is 0.366. The maximum atomic E-state index is 10.9. The fourth-order valence-electron chi connectivity index (χ4n) is 5.65. The average Bonchev–Trinajstić information content (AvgIpc) is 2.47. The number of nitrogens with two attached hydrogens (primary N) is 1. The van der Waals surface area contributed by atoms with Crippen LogP contribution in [0.2, 0.25) is 0 Å². The van der Waals surface area contributed by atoms with Gasteiger partial charge >= 0.3 is 0 Å². The van der Waals surface area contributed by atoms with E-state index in [9.17, 15) is 20.2 Å². The lowest BCUT2D eigenvalue weighted by atomic mass is 9.50. The van der Waals surface area contributed by atoms with Gasteiger partial charge in [0.2, 0.25) is 0 Å². The molecule has 0 amide bonds. The van der Waals surface area contributed by atoms with Gasteiger partial charge in [-0.15, -0.1) is 20.2 Å². The first-order valence-corrected chi connectivity index (χ1v) is 9.40. The molecule has 2 bridgehead atoms. The number of nitrogens with zero attached hydrogens (tertiary/aromatic N) is 2. The Bertz CT molecular complexity index is 622. The summed E-state index contributed by atoms with van der Waals surface area (Å²) in [6, 6.07) is 0. The summed E-state index contributed by atoms with van der Waals surface area (Å²) in [4.78, 5) is 30.7. The van der Waals surface area contributed by atoms with E-state index in [-0.39, 0.29) is 22.2 Å². The van der Waals surface area contributed by atoms with E-state index in [4.69, 9.17) is 10.6 Å². The van der Waals surface area contributed by atoms with Crippen molar-refractivity contribution >= 4 is 0 Å². The molecule has 9 heteroatoms. The van der Waals surface area contributed by atoms with Crippen molar-refractivity contribution in [1.29, 1.82) is 0 Å². The van der Waals surface area contributed by atoms with Crippen LogP contribution < -0.4 is 5.73 Å². The van der Waals surface area contributed by atoms with Crippen molar-refractivity contribution in [2.45, 2.75) is 65.9 Å². The first kappa shape index (κ1) is 21.4. The fraction of sp³-hybridized carbons (Fsp3) is 0.889. The van der Waals surface area contributed by atoms with Gasteiger partial charge in [-0.05, 0) is 60.8 Å². The Morgan fingerprint density at radius 3 is 2.41 bits per heavy atom. The maximum absolute atomic E-state index is 10.9. The molecule has 2 aliphatic rings. The van der Waals surface area contributed by atoms with Gasteiger partial charge in [-0.3, -0.25) is 0 Å². The van der Waals surface area contributed by atoms with Gasteiger partial charge in [0.1, 0.15) is 12.7 Å². The lowest BCUT2D eigenvalue weighted by molar-refractivity contribution is -0.792. The molecule has 0 aromatic heterocycles. The molecule has 0 aromatic carbocycles. The van der Waals surface area contributed by atoms with Crippen LogP contribution in [-0.4, -0.2) is 29.4 Å². The van der Waals surface area contributed by atoms with Crippen molar-refractivity contribution in [3.8, 4) is 0 Å². The SMILES string of the molecule is CC(C(CO[N+](=O)[O-])O[N+](=O)[O-])C1(C)C=C2CC(C)(C)CC(CCN)(C2)C1. The summed E-state index contributed by atoms with van der Waals surface area (Å²) in [6.45, 7) is 8.55. The van der Waals surface area contributed by atoms with Crippen LogP contribution >= 0.6 is 0 Å². The largest absolute Gasteiger partial charge is 0.330 e. The van der Waals surface area contributed by atoms with E-state index in [1.54, 1.807) is 0 Å². The minimum Gasteiger partial charge on any atom is -0.330 e. The zero-order chi connectivity index (χ0) is 20.5. The zero-order valence-electron chi connectivity index (χ0n) is 16.6. The van der Waals surface area contributed by atoms with Crippen LogP contribution in [0.4, 0.5) is 0 Å². The molecule has 0 radical (unpaired) electrons. The molecule has 0 saturated heterocycles. The van der Waals surface area contributed by atoms with Gasteiger partial charge < -0.3 is 15.4 Å². The first-order valence-electron chi connectivity index (χ1n) is 9.40. The van der Waals surface area contributed by atoms with E-state index in [1.807, 2.05) is 6.92 Å². The van der Waals surface area contributed by atoms with Crippen LogP contribution in [0.25, 0.3) is 0 Å². The number of allylic oxidation sites excluding steroid dienone is 2. The molecule has 2 aliphatic carbocycles. The molecule has 0 aromatic rings. The number of hydrogen-bond acceptors (Lipinski definition) is 7. The van der Waals surface area contributed by atoms with E-state index in [0.717, 1.165) is 32.1 Å². The number of rotatable bonds is 9. The maximum Gasteiger partial charge on any atom is 0.294 e. The summed E-state index contributed by atoms with van der Waals surface area (Å²) >= 11 is 0. The second-order valence-corrected chi connectivity index (χ2v) is 9.39. The molecule has 0 aliphatic heterocycles. The molecular formula is C18H31N3O6. The van der Waals surface area contributed by atoms with Crippen molar-refractivity contribution < 1.29 is 19.8 Å². The minimum absolute atomic E-state index is 0.0483. The highest BCUT2D eigenvalue weighted by molar-refractivity contribution is 5.23.